The fraction of sp³-hybridized carbons (Fsp3) is 0.133. The van der Waals surface area contributed by atoms with Crippen molar-refractivity contribution in [2.45, 2.75) is 4.90 Å². The van der Waals surface area contributed by atoms with Gasteiger partial charge in [-0.05, 0) is 42.5 Å². The van der Waals surface area contributed by atoms with Crippen LogP contribution in [-0.2, 0) is 4.79 Å². The Bertz CT molecular complexity index is 612. The number of hydrogen-bond acceptors (Lipinski definition) is 3. The Kier molecular flexibility index (Phi) is 5.79. The average molecular weight is 342 g/mol. The minimum Gasteiger partial charge on any atom is -0.497 e. The molecule has 0 unspecified atom stereocenters. The number of benzene rings is 2. The second kappa shape index (κ2) is 7.59. The van der Waals surface area contributed by atoms with Gasteiger partial charge >= 0.3 is 0 Å². The normalized spacial score (nSPS) is 10.2. The summed E-state index contributed by atoms with van der Waals surface area (Å²) in [5.41, 5.74) is 0.727. The Morgan fingerprint density at radius 3 is 2.33 bits per heavy atom. The molecule has 0 saturated heterocycles. The summed E-state index contributed by atoms with van der Waals surface area (Å²) in [6.07, 6.45) is 0. The molecule has 1 N–H and O–H groups in total. The van der Waals surface area contributed by atoms with Gasteiger partial charge < -0.3 is 10.1 Å². The molecule has 2 rings (SSSR count). The van der Waals surface area contributed by atoms with Crippen LogP contribution in [-0.4, -0.2) is 18.8 Å². The van der Waals surface area contributed by atoms with E-state index in [0.29, 0.717) is 10.0 Å². The lowest BCUT2D eigenvalue weighted by Crippen LogP contribution is -2.13. The molecule has 110 valence electrons. The molecule has 2 aromatic carbocycles. The molecule has 0 bridgehead atoms. The summed E-state index contributed by atoms with van der Waals surface area (Å²) in [6.45, 7) is 0. The van der Waals surface area contributed by atoms with Crippen molar-refractivity contribution < 1.29 is 9.53 Å². The Hall–Kier alpha value is -1.36. The Morgan fingerprint density at radius 1 is 1.14 bits per heavy atom. The van der Waals surface area contributed by atoms with Crippen molar-refractivity contribution in [3.63, 3.8) is 0 Å². The molecule has 21 heavy (non-hydrogen) atoms. The Labute approximate surface area is 137 Å². The first kappa shape index (κ1) is 16.0. The number of ether oxygens (including phenoxy) is 1. The minimum absolute atomic E-state index is 0.0961. The molecule has 2 aromatic rings. The molecule has 0 aliphatic heterocycles. The standard InChI is InChI=1S/C15H13Cl2NO2S/c1-20-13-4-2-12(3-5-13)18-15(19)9-21-14-7-10(16)6-11(17)8-14/h2-8H,9H2,1H3,(H,18,19). The number of nitrogens with one attached hydrogen (secondary N) is 1. The fourth-order valence-corrected chi connectivity index (χ4v) is 3.08. The van der Waals surface area contributed by atoms with Crippen LogP contribution in [0.15, 0.2) is 47.4 Å². The Morgan fingerprint density at radius 2 is 1.76 bits per heavy atom. The van der Waals surface area contributed by atoms with Crippen molar-refractivity contribution >= 4 is 46.6 Å². The van der Waals surface area contributed by atoms with E-state index in [0.717, 1.165) is 16.3 Å². The van der Waals surface area contributed by atoms with E-state index < -0.39 is 0 Å². The number of hydrogen-bond donors (Lipinski definition) is 1. The predicted octanol–water partition coefficient (Wildman–Crippen LogP) is 4.73. The number of halogens is 2. The highest BCUT2D eigenvalue weighted by Gasteiger charge is 2.05. The molecular weight excluding hydrogens is 329 g/mol. The second-order valence-electron chi connectivity index (χ2n) is 4.17. The zero-order valence-corrected chi connectivity index (χ0v) is 13.6. The number of methoxy groups -OCH3 is 1. The quantitative estimate of drug-likeness (QED) is 0.798. The highest BCUT2D eigenvalue weighted by atomic mass is 35.5. The van der Waals surface area contributed by atoms with Crippen LogP contribution in [0, 0.1) is 0 Å². The topological polar surface area (TPSA) is 38.3 Å². The zero-order valence-electron chi connectivity index (χ0n) is 11.2. The van der Waals surface area contributed by atoms with Crippen LogP contribution in [0.25, 0.3) is 0 Å². The summed E-state index contributed by atoms with van der Waals surface area (Å²) < 4.78 is 5.06. The number of thioether (sulfide) groups is 1. The van der Waals surface area contributed by atoms with E-state index in [2.05, 4.69) is 5.32 Å². The highest BCUT2D eigenvalue weighted by molar-refractivity contribution is 8.00. The number of amides is 1. The van der Waals surface area contributed by atoms with Crippen LogP contribution < -0.4 is 10.1 Å². The summed E-state index contributed by atoms with van der Waals surface area (Å²) >= 11 is 13.2. The van der Waals surface area contributed by atoms with E-state index in [1.165, 1.54) is 11.8 Å². The maximum absolute atomic E-state index is 11.9. The SMILES string of the molecule is COc1ccc(NC(=O)CSc2cc(Cl)cc(Cl)c2)cc1. The lowest BCUT2D eigenvalue weighted by Gasteiger charge is -2.07. The Balaban J connectivity index is 1.89. The van der Waals surface area contributed by atoms with Gasteiger partial charge in [0.1, 0.15) is 5.75 Å². The first-order valence-corrected chi connectivity index (χ1v) is 7.84. The average Bonchev–Trinajstić information content (AvgIpc) is 2.45. The van der Waals surface area contributed by atoms with Gasteiger partial charge in [0.2, 0.25) is 5.91 Å². The van der Waals surface area contributed by atoms with E-state index in [-0.39, 0.29) is 11.7 Å². The van der Waals surface area contributed by atoms with Crippen LogP contribution in [0.3, 0.4) is 0 Å². The number of rotatable bonds is 5. The molecule has 0 aromatic heterocycles. The molecule has 0 aliphatic rings. The van der Waals surface area contributed by atoms with E-state index in [1.807, 2.05) is 0 Å². The maximum atomic E-state index is 11.9. The molecule has 0 atom stereocenters. The van der Waals surface area contributed by atoms with E-state index >= 15 is 0 Å². The highest BCUT2D eigenvalue weighted by Crippen LogP contribution is 2.26. The smallest absolute Gasteiger partial charge is 0.234 e. The molecule has 0 spiro atoms. The van der Waals surface area contributed by atoms with Crippen LogP contribution in [0.1, 0.15) is 0 Å². The van der Waals surface area contributed by atoms with Crippen LogP contribution >= 0.6 is 35.0 Å². The van der Waals surface area contributed by atoms with Gasteiger partial charge in [0.05, 0.1) is 12.9 Å². The fourth-order valence-electron chi connectivity index (χ4n) is 1.63. The van der Waals surface area contributed by atoms with Gasteiger partial charge in [-0.1, -0.05) is 23.2 Å². The first-order valence-electron chi connectivity index (χ1n) is 6.09. The molecule has 3 nitrogen and oxygen atoms in total. The lowest BCUT2D eigenvalue weighted by molar-refractivity contribution is -0.113. The van der Waals surface area contributed by atoms with Crippen molar-refractivity contribution in [1.29, 1.82) is 0 Å². The molecule has 0 fully saturated rings. The van der Waals surface area contributed by atoms with Crippen molar-refractivity contribution in [2.75, 3.05) is 18.2 Å². The van der Waals surface area contributed by atoms with Crippen molar-refractivity contribution in [3.05, 3.63) is 52.5 Å². The zero-order chi connectivity index (χ0) is 15.2. The number of carbonyl (C=O) groups excluding carboxylic acids is 1. The molecule has 0 aliphatic carbocycles. The molecule has 0 heterocycles. The van der Waals surface area contributed by atoms with Gasteiger partial charge in [-0.3, -0.25) is 4.79 Å². The van der Waals surface area contributed by atoms with E-state index in [1.54, 1.807) is 49.6 Å². The summed E-state index contributed by atoms with van der Waals surface area (Å²) in [5, 5.41) is 3.92. The van der Waals surface area contributed by atoms with Gasteiger partial charge in [0, 0.05) is 20.6 Å². The lowest BCUT2D eigenvalue weighted by atomic mass is 10.3. The van der Waals surface area contributed by atoms with Gasteiger partial charge in [0.15, 0.2) is 0 Å². The van der Waals surface area contributed by atoms with Gasteiger partial charge in [-0.2, -0.15) is 0 Å². The molecule has 1 amide bonds. The third kappa shape index (κ3) is 5.16. The van der Waals surface area contributed by atoms with Crippen molar-refractivity contribution in [2.24, 2.45) is 0 Å². The van der Waals surface area contributed by atoms with Gasteiger partial charge in [-0.15, -0.1) is 11.8 Å². The minimum atomic E-state index is -0.0961. The van der Waals surface area contributed by atoms with Crippen LogP contribution in [0.2, 0.25) is 10.0 Å². The number of anilines is 1. The first-order chi connectivity index (χ1) is 10.1. The van der Waals surface area contributed by atoms with Crippen LogP contribution in [0.5, 0.6) is 5.75 Å². The molecule has 0 saturated carbocycles. The predicted molar refractivity (Wildman–Crippen MR) is 88.8 cm³/mol. The molecular formula is C15H13Cl2NO2S. The van der Waals surface area contributed by atoms with Crippen LogP contribution in [0.4, 0.5) is 5.69 Å². The maximum Gasteiger partial charge on any atom is 0.234 e. The van der Waals surface area contributed by atoms with Crippen molar-refractivity contribution in [1.82, 2.24) is 0 Å². The van der Waals surface area contributed by atoms with E-state index in [4.69, 9.17) is 27.9 Å². The van der Waals surface area contributed by atoms with Crippen molar-refractivity contribution in [3.8, 4) is 5.75 Å². The van der Waals surface area contributed by atoms with Gasteiger partial charge in [-0.25, -0.2) is 0 Å². The monoisotopic (exact) mass is 341 g/mol. The van der Waals surface area contributed by atoms with Gasteiger partial charge in [0.25, 0.3) is 0 Å². The molecule has 6 heteroatoms. The largest absolute Gasteiger partial charge is 0.497 e. The van der Waals surface area contributed by atoms with E-state index in [9.17, 15) is 4.79 Å². The molecule has 0 radical (unpaired) electrons. The summed E-state index contributed by atoms with van der Waals surface area (Å²) in [6, 6.07) is 12.4. The third-order valence-corrected chi connectivity index (χ3v) is 3.99. The summed E-state index contributed by atoms with van der Waals surface area (Å²) in [4.78, 5) is 12.7. The number of carbonyl (C=O) groups is 1. The second-order valence-corrected chi connectivity index (χ2v) is 6.09. The summed E-state index contributed by atoms with van der Waals surface area (Å²) in [7, 11) is 1.60. The summed E-state index contributed by atoms with van der Waals surface area (Å²) in [5.74, 6) is 0.931. The third-order valence-electron chi connectivity index (χ3n) is 2.58.